The van der Waals surface area contributed by atoms with Crippen LogP contribution in [-0.2, 0) is 19.7 Å². The molecular formula is C22H22F2O3. The number of benzene rings is 2. The summed E-state index contributed by atoms with van der Waals surface area (Å²) in [5.74, 6) is -4.71. The van der Waals surface area contributed by atoms with Crippen LogP contribution in [0.5, 0.6) is 0 Å². The number of halogens is 2. The molecular weight excluding hydrogens is 350 g/mol. The van der Waals surface area contributed by atoms with Gasteiger partial charge in [0.2, 0.25) is 0 Å². The van der Waals surface area contributed by atoms with Crippen molar-refractivity contribution in [2.24, 2.45) is 5.92 Å². The lowest BCUT2D eigenvalue weighted by atomic mass is 9.54. The fourth-order valence-electron chi connectivity index (χ4n) is 4.18. The maximum atomic E-state index is 14.9. The van der Waals surface area contributed by atoms with Crippen molar-refractivity contribution in [1.82, 2.24) is 0 Å². The summed E-state index contributed by atoms with van der Waals surface area (Å²) in [6.07, 6.45) is -1.42. The second kappa shape index (κ2) is 5.86. The number of carbonyl (C=O) groups is 1. The SMILES string of the molecule is CC(C)(C)OC(=O)C1C2OCC1(c1ccc(-c3ccccc3)cc1)C2(F)F. The Hall–Kier alpha value is -2.27. The Morgan fingerprint density at radius 2 is 1.63 bits per heavy atom. The predicted molar refractivity (Wildman–Crippen MR) is 97.6 cm³/mol. The van der Waals surface area contributed by atoms with Gasteiger partial charge in [-0.2, -0.15) is 0 Å². The van der Waals surface area contributed by atoms with Gasteiger partial charge in [0.1, 0.15) is 23.0 Å². The molecule has 2 saturated heterocycles. The van der Waals surface area contributed by atoms with E-state index in [1.54, 1.807) is 32.9 Å². The zero-order valence-electron chi connectivity index (χ0n) is 15.5. The Balaban J connectivity index is 1.69. The summed E-state index contributed by atoms with van der Waals surface area (Å²) in [4.78, 5) is 12.6. The van der Waals surface area contributed by atoms with Crippen molar-refractivity contribution in [2.75, 3.05) is 6.61 Å². The number of hydrogen-bond donors (Lipinski definition) is 0. The predicted octanol–water partition coefficient (Wildman–Crippen LogP) is 4.60. The van der Waals surface area contributed by atoms with E-state index in [2.05, 4.69) is 0 Å². The third kappa shape index (κ3) is 2.59. The van der Waals surface area contributed by atoms with Crippen LogP contribution in [0.15, 0.2) is 54.6 Å². The molecule has 0 spiro atoms. The number of carbonyl (C=O) groups excluding carboxylic acids is 1. The van der Waals surface area contributed by atoms with Crippen LogP contribution in [0, 0.1) is 5.92 Å². The molecule has 0 radical (unpaired) electrons. The van der Waals surface area contributed by atoms with Gasteiger partial charge in [-0.05, 0) is 37.5 Å². The summed E-state index contributed by atoms with van der Waals surface area (Å²) < 4.78 is 40.4. The highest BCUT2D eigenvalue weighted by Gasteiger charge is 2.83. The van der Waals surface area contributed by atoms with E-state index in [1.165, 1.54) is 0 Å². The first-order valence-corrected chi connectivity index (χ1v) is 9.05. The average Bonchev–Trinajstić information content (AvgIpc) is 3.16. The molecule has 2 heterocycles. The fraction of sp³-hybridized carbons (Fsp3) is 0.409. The van der Waals surface area contributed by atoms with Crippen LogP contribution in [0.3, 0.4) is 0 Å². The van der Waals surface area contributed by atoms with E-state index in [0.29, 0.717) is 5.56 Å². The Kier molecular flexibility index (Phi) is 3.93. The van der Waals surface area contributed by atoms with Crippen molar-refractivity contribution in [3.8, 4) is 11.1 Å². The molecule has 2 aromatic carbocycles. The molecule has 5 heteroatoms. The van der Waals surface area contributed by atoms with Crippen LogP contribution in [0.2, 0.25) is 0 Å². The number of rotatable bonds is 3. The first kappa shape index (κ1) is 18.1. The highest BCUT2D eigenvalue weighted by Crippen LogP contribution is 2.66. The highest BCUT2D eigenvalue weighted by atomic mass is 19.3. The number of fused-ring (bicyclic) bond motifs is 1. The standard InChI is InChI=1S/C22H22F2O3/c1-20(2,3)27-19(25)17-18-22(23,24)21(17,13-26-18)16-11-9-15(10-12-16)14-7-5-4-6-8-14/h4-12,17-18H,13H2,1-3H3. The van der Waals surface area contributed by atoms with Gasteiger partial charge in [0.05, 0.1) is 6.61 Å². The Labute approximate surface area is 157 Å². The topological polar surface area (TPSA) is 35.5 Å². The van der Waals surface area contributed by atoms with E-state index in [9.17, 15) is 13.6 Å². The van der Waals surface area contributed by atoms with E-state index in [1.807, 2.05) is 42.5 Å². The van der Waals surface area contributed by atoms with Crippen molar-refractivity contribution in [1.29, 1.82) is 0 Å². The minimum absolute atomic E-state index is 0.181. The molecule has 2 bridgehead atoms. The molecule has 3 atom stereocenters. The molecule has 27 heavy (non-hydrogen) atoms. The van der Waals surface area contributed by atoms with Gasteiger partial charge in [0.15, 0.2) is 0 Å². The molecule has 1 saturated carbocycles. The van der Waals surface area contributed by atoms with E-state index >= 15 is 0 Å². The van der Waals surface area contributed by atoms with Crippen molar-refractivity contribution in [3.05, 3.63) is 60.2 Å². The summed E-state index contributed by atoms with van der Waals surface area (Å²) in [6.45, 7) is 5.00. The minimum Gasteiger partial charge on any atom is -0.460 e. The van der Waals surface area contributed by atoms with Crippen molar-refractivity contribution >= 4 is 5.97 Å². The maximum Gasteiger partial charge on any atom is 0.313 e. The largest absolute Gasteiger partial charge is 0.460 e. The summed E-state index contributed by atoms with van der Waals surface area (Å²) in [7, 11) is 0. The molecule has 0 amide bonds. The summed E-state index contributed by atoms with van der Waals surface area (Å²) in [5, 5.41) is 0. The smallest absolute Gasteiger partial charge is 0.313 e. The van der Waals surface area contributed by atoms with Crippen molar-refractivity contribution < 1.29 is 23.0 Å². The van der Waals surface area contributed by atoms with Crippen LogP contribution >= 0.6 is 0 Å². The number of hydrogen-bond acceptors (Lipinski definition) is 3. The first-order chi connectivity index (χ1) is 12.7. The lowest BCUT2D eigenvalue weighted by molar-refractivity contribution is -0.225. The average molecular weight is 372 g/mol. The van der Waals surface area contributed by atoms with Gasteiger partial charge in [0.25, 0.3) is 5.92 Å². The maximum absolute atomic E-state index is 14.9. The van der Waals surface area contributed by atoms with Gasteiger partial charge in [-0.25, -0.2) is 8.78 Å². The molecule has 0 aromatic heterocycles. The monoisotopic (exact) mass is 372 g/mol. The normalized spacial score (nSPS) is 28.5. The molecule has 3 fully saturated rings. The second-order valence-corrected chi connectivity index (χ2v) is 8.28. The van der Waals surface area contributed by atoms with Gasteiger partial charge < -0.3 is 9.47 Å². The fourth-order valence-corrected chi connectivity index (χ4v) is 4.18. The molecule has 142 valence electrons. The number of esters is 1. The molecule has 2 aliphatic heterocycles. The molecule has 3 unspecified atom stereocenters. The zero-order chi connectivity index (χ0) is 19.4. The van der Waals surface area contributed by atoms with Gasteiger partial charge in [-0.3, -0.25) is 4.79 Å². The van der Waals surface area contributed by atoms with E-state index in [4.69, 9.17) is 9.47 Å². The van der Waals surface area contributed by atoms with Gasteiger partial charge in [-0.1, -0.05) is 54.6 Å². The van der Waals surface area contributed by atoms with Crippen LogP contribution in [0.4, 0.5) is 8.78 Å². The summed E-state index contributed by atoms with van der Waals surface area (Å²) in [6, 6.07) is 16.7. The molecule has 1 aliphatic carbocycles. The summed E-state index contributed by atoms with van der Waals surface area (Å²) in [5.41, 5.74) is -0.0414. The molecule has 5 rings (SSSR count). The van der Waals surface area contributed by atoms with E-state index < -0.39 is 34.9 Å². The highest BCUT2D eigenvalue weighted by molar-refractivity contribution is 5.80. The van der Waals surface area contributed by atoms with Crippen LogP contribution in [0.25, 0.3) is 11.1 Å². The lowest BCUT2D eigenvalue weighted by Crippen LogP contribution is -2.69. The van der Waals surface area contributed by atoms with Gasteiger partial charge >= 0.3 is 5.97 Å². The Morgan fingerprint density at radius 1 is 1.04 bits per heavy atom. The number of ether oxygens (including phenoxy) is 2. The van der Waals surface area contributed by atoms with E-state index in [-0.39, 0.29) is 6.61 Å². The number of alkyl halides is 2. The zero-order valence-corrected chi connectivity index (χ0v) is 15.5. The lowest BCUT2D eigenvalue weighted by Gasteiger charge is -2.50. The van der Waals surface area contributed by atoms with Crippen LogP contribution in [0.1, 0.15) is 26.3 Å². The third-order valence-electron chi connectivity index (χ3n) is 5.44. The quantitative estimate of drug-likeness (QED) is 0.739. The molecule has 2 aromatic rings. The Morgan fingerprint density at radius 3 is 2.19 bits per heavy atom. The third-order valence-corrected chi connectivity index (χ3v) is 5.44. The van der Waals surface area contributed by atoms with Gasteiger partial charge in [-0.15, -0.1) is 0 Å². The second-order valence-electron chi connectivity index (χ2n) is 8.28. The van der Waals surface area contributed by atoms with Crippen molar-refractivity contribution in [2.45, 2.75) is 43.8 Å². The van der Waals surface area contributed by atoms with Crippen LogP contribution < -0.4 is 0 Å². The van der Waals surface area contributed by atoms with Crippen LogP contribution in [-0.4, -0.2) is 30.2 Å². The molecule has 3 nitrogen and oxygen atoms in total. The molecule has 3 aliphatic rings. The van der Waals surface area contributed by atoms with E-state index in [0.717, 1.165) is 11.1 Å². The van der Waals surface area contributed by atoms with Crippen molar-refractivity contribution in [3.63, 3.8) is 0 Å². The Bertz CT molecular complexity index is 855. The van der Waals surface area contributed by atoms with Gasteiger partial charge in [0, 0.05) is 0 Å². The molecule has 0 N–H and O–H groups in total. The minimum atomic E-state index is -3.09. The summed E-state index contributed by atoms with van der Waals surface area (Å²) >= 11 is 0. The first-order valence-electron chi connectivity index (χ1n) is 9.05.